The van der Waals surface area contributed by atoms with E-state index in [2.05, 4.69) is 11.9 Å². The first-order valence-corrected chi connectivity index (χ1v) is 12.3. The van der Waals surface area contributed by atoms with Crippen LogP contribution in [0.4, 0.5) is 0 Å². The Labute approximate surface area is 241 Å². The minimum atomic E-state index is -1.08. The van der Waals surface area contributed by atoms with Crippen LogP contribution in [0.5, 0.6) is 0 Å². The predicted molar refractivity (Wildman–Crippen MR) is 119 cm³/mol. The number of carboxylic acids is 1. The Bertz CT molecular complexity index is 467. The van der Waals surface area contributed by atoms with Gasteiger partial charge in [0.15, 0.2) is 5.84 Å². The van der Waals surface area contributed by atoms with Gasteiger partial charge in [-0.05, 0) is 6.42 Å². The molecule has 0 saturated carbocycles. The maximum Gasteiger partial charge on any atom is 1.00 e. The predicted octanol–water partition coefficient (Wildman–Crippen LogP) is -2.58. The van der Waals surface area contributed by atoms with Crippen LogP contribution in [0.25, 0.3) is 0 Å². The van der Waals surface area contributed by atoms with Gasteiger partial charge in [0.05, 0.1) is 19.1 Å². The zero-order chi connectivity index (χ0) is 21.2. The van der Waals surface area contributed by atoms with E-state index < -0.39 is 5.97 Å². The van der Waals surface area contributed by atoms with Crippen LogP contribution in [-0.4, -0.2) is 54.6 Å². The van der Waals surface area contributed by atoms with Crippen LogP contribution in [0.1, 0.15) is 110 Å². The normalized spacial score (nSPS) is 17.1. The first kappa shape index (κ1) is 37.6. The zero-order valence-electron chi connectivity index (χ0n) is 21.4. The molecule has 0 saturated heterocycles. The van der Waals surface area contributed by atoms with Gasteiger partial charge >= 0.3 is 59.1 Å². The molecule has 0 aromatic carbocycles. The summed E-state index contributed by atoms with van der Waals surface area (Å²) in [4.78, 5) is 15.6. The number of unbranched alkanes of at least 4 members (excludes halogenated alkanes) is 14. The van der Waals surface area contributed by atoms with Crippen LogP contribution >= 0.6 is 0 Å². The van der Waals surface area contributed by atoms with Gasteiger partial charge in [-0.1, -0.05) is 103 Å². The molecule has 1 heterocycles. The molecule has 1 aliphatic rings. The summed E-state index contributed by atoms with van der Waals surface area (Å²) in [6.45, 7) is 3.52. The number of carbonyl (C=O) groups excluding carboxylic acids is 1. The molecule has 6 nitrogen and oxygen atoms in total. The molecule has 0 aliphatic carbocycles. The topological polar surface area (TPSA) is 106 Å². The fourth-order valence-electron chi connectivity index (χ4n) is 4.53. The van der Waals surface area contributed by atoms with Crippen LogP contribution in [0.15, 0.2) is 4.99 Å². The first-order valence-electron chi connectivity index (χ1n) is 12.3. The van der Waals surface area contributed by atoms with Gasteiger partial charge in [-0.25, -0.2) is 4.99 Å². The van der Waals surface area contributed by atoms with Gasteiger partial charge in [0, 0.05) is 6.42 Å². The molecule has 0 fully saturated rings. The van der Waals surface area contributed by atoms with E-state index in [1.165, 1.54) is 89.9 Å². The van der Waals surface area contributed by atoms with E-state index in [4.69, 9.17) is 0 Å². The molecule has 0 aromatic heterocycles. The van der Waals surface area contributed by atoms with Gasteiger partial charge in [0.1, 0.15) is 13.1 Å². The molecule has 178 valence electrons. The minimum Gasteiger partial charge on any atom is -0.870 e. The average molecular weight is 473 g/mol. The van der Waals surface area contributed by atoms with E-state index in [0.29, 0.717) is 19.6 Å². The number of carboxylic acid groups (broad SMARTS) is 1. The Morgan fingerprint density at radius 2 is 1.28 bits per heavy atom. The Morgan fingerprint density at radius 1 is 0.844 bits per heavy atom. The standard InChI is InChI=1S/C24H46N2O3.2Na.H2O/c1-2-3-4-5-6-7-8-9-10-11-12-13-14-15-16-17-23-25-18-19-26(23,20-21-27)22-24(28)29;;;/h2-22H2,1H3,(H,28,29);;;1H2/q;2*+1;/p-2. The van der Waals surface area contributed by atoms with E-state index >= 15 is 0 Å². The van der Waals surface area contributed by atoms with Gasteiger partial charge < -0.3 is 20.5 Å². The number of hydrogen-bond donors (Lipinski definition) is 0. The van der Waals surface area contributed by atoms with Gasteiger partial charge in [-0.15, -0.1) is 0 Å². The van der Waals surface area contributed by atoms with Crippen molar-refractivity contribution in [2.24, 2.45) is 4.99 Å². The van der Waals surface area contributed by atoms with Crippen LogP contribution in [0.3, 0.4) is 0 Å². The molecule has 32 heavy (non-hydrogen) atoms. The van der Waals surface area contributed by atoms with E-state index in [0.717, 1.165) is 18.7 Å². The third-order valence-electron chi connectivity index (χ3n) is 6.32. The van der Waals surface area contributed by atoms with Gasteiger partial charge in [0.2, 0.25) is 0 Å². The number of rotatable bonds is 20. The zero-order valence-corrected chi connectivity index (χ0v) is 25.4. The van der Waals surface area contributed by atoms with Crippen LogP contribution in [0, 0.1) is 0 Å². The van der Waals surface area contributed by atoms with E-state index in [9.17, 15) is 15.0 Å². The largest absolute Gasteiger partial charge is 1.00 e. The second-order valence-corrected chi connectivity index (χ2v) is 8.82. The molecule has 0 amide bonds. The summed E-state index contributed by atoms with van der Waals surface area (Å²) < 4.78 is 0.241. The molecule has 1 N–H and O–H groups in total. The number of amidine groups is 1. The van der Waals surface area contributed by atoms with Gasteiger partial charge in [0.25, 0.3) is 0 Å². The van der Waals surface area contributed by atoms with E-state index in [-0.39, 0.29) is 82.2 Å². The summed E-state index contributed by atoms with van der Waals surface area (Å²) in [6.07, 6.45) is 20.8. The van der Waals surface area contributed by atoms with Crippen LogP contribution in [0.2, 0.25) is 0 Å². The molecule has 0 aromatic rings. The molecule has 8 heteroatoms. The minimum absolute atomic E-state index is 0. The van der Waals surface area contributed by atoms with Crippen molar-refractivity contribution in [1.82, 2.24) is 0 Å². The maximum absolute atomic E-state index is 11.1. The number of aliphatic carboxylic acids is 1. The van der Waals surface area contributed by atoms with Crippen molar-refractivity contribution >= 4 is 11.8 Å². The van der Waals surface area contributed by atoms with Crippen LogP contribution < -0.4 is 69.3 Å². The van der Waals surface area contributed by atoms with Crippen molar-refractivity contribution in [2.45, 2.75) is 110 Å². The fraction of sp³-hybridized carbons (Fsp3) is 0.917. The molecule has 0 radical (unpaired) electrons. The Morgan fingerprint density at radius 3 is 1.69 bits per heavy atom. The third kappa shape index (κ3) is 17.5. The van der Waals surface area contributed by atoms with Crippen LogP contribution in [-0.2, 0) is 4.79 Å². The summed E-state index contributed by atoms with van der Waals surface area (Å²) in [5.74, 6) is -0.163. The number of carbonyl (C=O) groups is 1. The van der Waals surface area contributed by atoms with Gasteiger partial charge in [-0.2, -0.15) is 0 Å². The summed E-state index contributed by atoms with van der Waals surface area (Å²) >= 11 is 0. The molecule has 1 aliphatic heterocycles. The second kappa shape index (κ2) is 25.1. The van der Waals surface area contributed by atoms with Crippen molar-refractivity contribution in [3.05, 3.63) is 0 Å². The SMILES string of the molecule is CCCCCCCCCCCCCCCCCC1=NCC[N+]1(CC[O-])CC(=O)[O-].[Na+].[Na+].[OH-]. The van der Waals surface area contributed by atoms with Crippen molar-refractivity contribution in [2.75, 3.05) is 32.8 Å². The van der Waals surface area contributed by atoms with E-state index in [1.807, 2.05) is 0 Å². The van der Waals surface area contributed by atoms with Crippen molar-refractivity contribution in [1.29, 1.82) is 0 Å². The maximum atomic E-state index is 11.1. The molecule has 1 unspecified atom stereocenters. The molecule has 1 rings (SSSR count). The average Bonchev–Trinajstić information content (AvgIpc) is 3.06. The Kier molecular flexibility index (Phi) is 29.5. The van der Waals surface area contributed by atoms with E-state index in [1.54, 1.807) is 0 Å². The molecular formula is C24H46N2Na2O4. The summed E-state index contributed by atoms with van der Waals surface area (Å²) in [6, 6.07) is 0. The molecule has 0 bridgehead atoms. The molecular weight excluding hydrogens is 426 g/mol. The summed E-state index contributed by atoms with van der Waals surface area (Å²) in [7, 11) is 0. The summed E-state index contributed by atoms with van der Waals surface area (Å²) in [5.41, 5.74) is 0. The van der Waals surface area contributed by atoms with Gasteiger partial charge in [-0.3, -0.25) is 4.48 Å². The van der Waals surface area contributed by atoms with Crippen molar-refractivity contribution in [3.63, 3.8) is 0 Å². The number of nitrogens with zero attached hydrogens (tertiary/aromatic N) is 2. The van der Waals surface area contributed by atoms with Crippen molar-refractivity contribution < 1.29 is 84.1 Å². The smallest absolute Gasteiger partial charge is 0.870 e. The number of hydrogen-bond acceptors (Lipinski definition) is 5. The summed E-state index contributed by atoms with van der Waals surface area (Å²) in [5, 5.41) is 22.3. The fourth-order valence-corrected chi connectivity index (χ4v) is 4.53. The molecule has 0 spiro atoms. The third-order valence-corrected chi connectivity index (χ3v) is 6.32. The first-order chi connectivity index (χ1) is 14.1. The quantitative estimate of drug-likeness (QED) is 0.110. The van der Waals surface area contributed by atoms with Crippen molar-refractivity contribution in [3.8, 4) is 0 Å². The Hall–Kier alpha value is 1.02. The number of aliphatic imine (C=N–C) groups is 1. The monoisotopic (exact) mass is 472 g/mol. The molecule has 1 atom stereocenters. The number of quaternary nitrogens is 1. The second-order valence-electron chi connectivity index (χ2n) is 8.82. The Balaban J connectivity index is -0.00000280.